The van der Waals surface area contributed by atoms with E-state index in [4.69, 9.17) is 9.15 Å². The zero-order valence-electron chi connectivity index (χ0n) is 11.5. The number of anilines is 1. The number of hydrogen-bond acceptors (Lipinski definition) is 5. The molecule has 0 unspecified atom stereocenters. The Balaban J connectivity index is 2.05. The van der Waals surface area contributed by atoms with Crippen LogP contribution in [0.3, 0.4) is 0 Å². The van der Waals surface area contributed by atoms with Crippen LogP contribution in [0.1, 0.15) is 5.76 Å². The molecule has 0 radical (unpaired) electrons. The Labute approximate surface area is 122 Å². The van der Waals surface area contributed by atoms with Crippen molar-refractivity contribution in [3.05, 3.63) is 41.9 Å². The van der Waals surface area contributed by atoms with Crippen LogP contribution in [0.15, 0.2) is 39.8 Å². The zero-order valence-corrected chi connectivity index (χ0v) is 12.3. The summed E-state index contributed by atoms with van der Waals surface area (Å²) in [6, 6.07) is 7.33. The highest BCUT2D eigenvalue weighted by Crippen LogP contribution is 2.21. The fourth-order valence-corrected chi connectivity index (χ4v) is 2.33. The van der Waals surface area contributed by atoms with Crippen LogP contribution in [-0.4, -0.2) is 22.6 Å². The molecule has 0 aliphatic rings. The minimum Gasteiger partial charge on any atom is -0.494 e. The van der Waals surface area contributed by atoms with Crippen molar-refractivity contribution in [2.75, 3.05) is 19.5 Å². The second-order valence-corrected chi connectivity index (χ2v) is 5.95. The van der Waals surface area contributed by atoms with Gasteiger partial charge in [-0.1, -0.05) is 0 Å². The van der Waals surface area contributed by atoms with Gasteiger partial charge in [-0.25, -0.2) is 17.5 Å². The fourth-order valence-electron chi connectivity index (χ4n) is 1.66. The number of hydrogen-bond donors (Lipinski definition) is 2. The molecule has 114 valence electrons. The molecule has 21 heavy (non-hydrogen) atoms. The summed E-state index contributed by atoms with van der Waals surface area (Å²) in [6.07, 6.45) is 0. The highest BCUT2D eigenvalue weighted by Gasteiger charge is 2.16. The molecule has 0 aliphatic heterocycles. The lowest BCUT2D eigenvalue weighted by atomic mass is 10.3. The van der Waals surface area contributed by atoms with Crippen molar-refractivity contribution in [1.82, 2.24) is 4.72 Å². The molecular formula is C13H15FN2O4S. The third kappa shape index (κ3) is 3.53. The van der Waals surface area contributed by atoms with Gasteiger partial charge in [0.15, 0.2) is 11.6 Å². The van der Waals surface area contributed by atoms with E-state index in [1.54, 1.807) is 6.07 Å². The van der Waals surface area contributed by atoms with Crippen molar-refractivity contribution < 1.29 is 22.0 Å². The van der Waals surface area contributed by atoms with E-state index in [0.29, 0.717) is 11.4 Å². The summed E-state index contributed by atoms with van der Waals surface area (Å²) in [7, 11) is -0.909. The lowest BCUT2D eigenvalue weighted by Gasteiger charge is -2.07. The van der Waals surface area contributed by atoms with Gasteiger partial charge in [0, 0.05) is 11.8 Å². The van der Waals surface area contributed by atoms with E-state index >= 15 is 0 Å². The second kappa shape index (κ2) is 6.15. The molecule has 8 heteroatoms. The molecule has 1 heterocycles. The molecule has 2 aromatic rings. The van der Waals surface area contributed by atoms with Gasteiger partial charge in [0.05, 0.1) is 13.7 Å². The third-order valence-corrected chi connectivity index (χ3v) is 4.08. The van der Waals surface area contributed by atoms with E-state index < -0.39 is 15.8 Å². The molecule has 1 aromatic heterocycles. The summed E-state index contributed by atoms with van der Waals surface area (Å²) >= 11 is 0. The molecule has 0 saturated carbocycles. The Morgan fingerprint density at radius 3 is 2.67 bits per heavy atom. The van der Waals surface area contributed by atoms with Gasteiger partial charge in [-0.2, -0.15) is 0 Å². The van der Waals surface area contributed by atoms with Crippen molar-refractivity contribution in [1.29, 1.82) is 0 Å². The average molecular weight is 314 g/mol. The first-order valence-corrected chi connectivity index (χ1v) is 7.54. The van der Waals surface area contributed by atoms with E-state index in [1.165, 1.54) is 38.4 Å². The quantitative estimate of drug-likeness (QED) is 0.852. The Kier molecular flexibility index (Phi) is 4.49. The first-order valence-electron chi connectivity index (χ1n) is 6.06. The molecule has 0 atom stereocenters. The molecular weight excluding hydrogens is 299 g/mol. The Morgan fingerprint density at radius 2 is 2.05 bits per heavy atom. The van der Waals surface area contributed by atoms with Crippen molar-refractivity contribution in [3.63, 3.8) is 0 Å². The SMILES string of the molecule is CNS(=O)(=O)c1ccc(CNc2ccc(OC)c(F)c2)o1. The first kappa shape index (κ1) is 15.3. The summed E-state index contributed by atoms with van der Waals surface area (Å²) in [6.45, 7) is 0.227. The number of furan rings is 1. The maximum atomic E-state index is 13.5. The molecule has 0 spiro atoms. The number of nitrogens with one attached hydrogen (secondary N) is 2. The van der Waals surface area contributed by atoms with Gasteiger partial charge in [-0.05, 0) is 31.3 Å². The van der Waals surface area contributed by atoms with Crippen molar-refractivity contribution >= 4 is 15.7 Å². The number of halogens is 1. The predicted molar refractivity (Wildman–Crippen MR) is 75.2 cm³/mol. The van der Waals surface area contributed by atoms with Gasteiger partial charge in [-0.3, -0.25) is 0 Å². The van der Waals surface area contributed by atoms with Gasteiger partial charge >= 0.3 is 0 Å². The predicted octanol–water partition coefficient (Wildman–Crippen LogP) is 1.95. The van der Waals surface area contributed by atoms with Crippen molar-refractivity contribution in [2.24, 2.45) is 0 Å². The largest absolute Gasteiger partial charge is 0.494 e. The second-order valence-electron chi connectivity index (χ2n) is 4.13. The Hall–Kier alpha value is -2.06. The minimum atomic E-state index is -3.60. The molecule has 0 aliphatic carbocycles. The van der Waals surface area contributed by atoms with Gasteiger partial charge in [0.2, 0.25) is 5.09 Å². The van der Waals surface area contributed by atoms with Crippen LogP contribution in [0.2, 0.25) is 0 Å². The number of sulfonamides is 1. The summed E-state index contributed by atoms with van der Waals surface area (Å²) in [5.74, 6) is 0.0846. The third-order valence-electron chi connectivity index (χ3n) is 2.79. The minimum absolute atomic E-state index is 0.154. The van der Waals surface area contributed by atoms with Crippen LogP contribution in [0.5, 0.6) is 5.75 Å². The van der Waals surface area contributed by atoms with Crippen LogP contribution in [-0.2, 0) is 16.6 Å². The average Bonchev–Trinajstić information content (AvgIpc) is 2.95. The van der Waals surface area contributed by atoms with Crippen LogP contribution >= 0.6 is 0 Å². The summed E-state index contributed by atoms with van der Waals surface area (Å²) in [4.78, 5) is 0. The molecule has 0 fully saturated rings. The van der Waals surface area contributed by atoms with Gasteiger partial charge in [0.25, 0.3) is 10.0 Å². The number of rotatable bonds is 6. The topological polar surface area (TPSA) is 80.6 Å². The van der Waals surface area contributed by atoms with Crippen LogP contribution in [0, 0.1) is 5.82 Å². The molecule has 2 N–H and O–H groups in total. The molecule has 2 rings (SSSR count). The number of methoxy groups -OCH3 is 1. The first-order chi connectivity index (χ1) is 9.96. The fraction of sp³-hybridized carbons (Fsp3) is 0.231. The maximum absolute atomic E-state index is 13.5. The van der Waals surface area contributed by atoms with E-state index in [2.05, 4.69) is 10.0 Å². The Bertz CT molecular complexity index is 728. The van der Waals surface area contributed by atoms with E-state index in [1.807, 2.05) is 0 Å². The van der Waals surface area contributed by atoms with Gasteiger partial charge in [-0.15, -0.1) is 0 Å². The van der Waals surface area contributed by atoms with Crippen LogP contribution < -0.4 is 14.8 Å². The maximum Gasteiger partial charge on any atom is 0.273 e. The smallest absolute Gasteiger partial charge is 0.273 e. The monoisotopic (exact) mass is 314 g/mol. The van der Waals surface area contributed by atoms with Crippen molar-refractivity contribution in [3.8, 4) is 5.75 Å². The molecule has 0 amide bonds. The van der Waals surface area contributed by atoms with Gasteiger partial charge < -0.3 is 14.5 Å². The standard InChI is InChI=1S/C13H15FN2O4S/c1-15-21(17,18)13-6-4-10(20-13)8-16-9-3-5-12(19-2)11(14)7-9/h3-7,15-16H,8H2,1-2H3. The zero-order chi connectivity index (χ0) is 15.5. The van der Waals surface area contributed by atoms with Crippen molar-refractivity contribution in [2.45, 2.75) is 11.6 Å². The van der Waals surface area contributed by atoms with E-state index in [0.717, 1.165) is 0 Å². The summed E-state index contributed by atoms with van der Waals surface area (Å²) in [5.41, 5.74) is 0.530. The Morgan fingerprint density at radius 1 is 1.29 bits per heavy atom. The highest BCUT2D eigenvalue weighted by molar-refractivity contribution is 7.89. The normalized spacial score (nSPS) is 11.4. The lowest BCUT2D eigenvalue weighted by Crippen LogP contribution is -2.17. The van der Waals surface area contributed by atoms with Gasteiger partial charge in [0.1, 0.15) is 5.76 Å². The van der Waals surface area contributed by atoms with E-state index in [-0.39, 0.29) is 17.4 Å². The van der Waals surface area contributed by atoms with Crippen LogP contribution in [0.4, 0.5) is 10.1 Å². The number of ether oxygens (including phenoxy) is 1. The molecule has 1 aromatic carbocycles. The molecule has 0 saturated heterocycles. The van der Waals surface area contributed by atoms with E-state index in [9.17, 15) is 12.8 Å². The molecule has 6 nitrogen and oxygen atoms in total. The highest BCUT2D eigenvalue weighted by atomic mass is 32.2. The summed E-state index contributed by atoms with van der Waals surface area (Å²) < 4.78 is 48.7. The van der Waals surface area contributed by atoms with Crippen LogP contribution in [0.25, 0.3) is 0 Å². The molecule has 0 bridgehead atoms. The number of benzene rings is 1. The summed E-state index contributed by atoms with van der Waals surface area (Å²) in [5, 5.41) is 2.77. The lowest BCUT2D eigenvalue weighted by molar-refractivity contribution is 0.386.